The van der Waals surface area contributed by atoms with Crippen molar-refractivity contribution in [2.45, 2.75) is 6.42 Å². The van der Waals surface area contributed by atoms with Crippen LogP contribution in [0, 0.1) is 0 Å². The molecule has 2 rings (SSSR count). The second-order valence-corrected chi connectivity index (χ2v) is 4.63. The summed E-state index contributed by atoms with van der Waals surface area (Å²) in [5.41, 5.74) is 0. The van der Waals surface area contributed by atoms with E-state index in [9.17, 15) is 0 Å². The molecular formula is C6H12O2S2. The highest BCUT2D eigenvalue weighted by Crippen LogP contribution is 2.29. The first-order valence-corrected chi connectivity index (χ1v) is 5.89. The van der Waals surface area contributed by atoms with Crippen LogP contribution in [0.3, 0.4) is 0 Å². The van der Waals surface area contributed by atoms with Crippen LogP contribution in [0.5, 0.6) is 0 Å². The van der Waals surface area contributed by atoms with Gasteiger partial charge < -0.3 is 9.47 Å². The van der Waals surface area contributed by atoms with E-state index in [2.05, 4.69) is 0 Å². The Labute approximate surface area is 69.4 Å². The molecule has 0 radical (unpaired) electrons. The van der Waals surface area contributed by atoms with Gasteiger partial charge in [-0.15, -0.1) is 0 Å². The van der Waals surface area contributed by atoms with Gasteiger partial charge in [-0.3, -0.25) is 0 Å². The number of hydrogen-bond donors (Lipinski definition) is 0. The molecule has 0 saturated carbocycles. The molecule has 10 heavy (non-hydrogen) atoms. The van der Waals surface area contributed by atoms with Crippen molar-refractivity contribution in [2.24, 2.45) is 0 Å². The third kappa shape index (κ3) is 4.44. The number of hydrogen-bond acceptors (Lipinski definition) is 4. The van der Waals surface area contributed by atoms with E-state index < -0.39 is 0 Å². The molecule has 2 saturated heterocycles. The minimum absolute atomic E-state index is 0.500. The van der Waals surface area contributed by atoms with Gasteiger partial charge in [-0.05, 0) is 6.42 Å². The fourth-order valence-corrected chi connectivity index (χ4v) is 2.95. The Hall–Kier alpha value is 0.620. The van der Waals surface area contributed by atoms with E-state index in [1.165, 1.54) is 17.9 Å². The molecule has 0 N–H and O–H groups in total. The Morgan fingerprint density at radius 1 is 0.900 bits per heavy atom. The smallest absolute Gasteiger partial charge is 0.146 e. The first-order valence-electron chi connectivity index (χ1n) is 3.40. The van der Waals surface area contributed by atoms with E-state index in [1.54, 1.807) is 0 Å². The third-order valence-corrected chi connectivity index (χ3v) is 3.65. The summed E-state index contributed by atoms with van der Waals surface area (Å²) in [5.74, 6) is 2.76. The van der Waals surface area contributed by atoms with E-state index in [4.69, 9.17) is 9.47 Å². The minimum Gasteiger partial charge on any atom is -0.353 e. The highest BCUT2D eigenvalue weighted by atomic mass is 33.1. The quantitative estimate of drug-likeness (QED) is 0.529. The molecule has 2 aliphatic heterocycles. The fourth-order valence-electron chi connectivity index (χ4n) is 0.589. The summed E-state index contributed by atoms with van der Waals surface area (Å²) < 4.78 is 9.44. The zero-order valence-electron chi connectivity index (χ0n) is 5.88. The van der Waals surface area contributed by atoms with Gasteiger partial charge >= 0.3 is 0 Å². The average molecular weight is 180 g/mol. The van der Waals surface area contributed by atoms with Gasteiger partial charge in [0.25, 0.3) is 0 Å². The van der Waals surface area contributed by atoms with Gasteiger partial charge in [-0.25, -0.2) is 0 Å². The van der Waals surface area contributed by atoms with Crippen molar-refractivity contribution in [1.82, 2.24) is 0 Å². The second kappa shape index (κ2) is 6.34. The minimum atomic E-state index is 0.500. The van der Waals surface area contributed by atoms with Crippen LogP contribution in [0.4, 0.5) is 0 Å². The predicted octanol–water partition coefficient (Wildman–Crippen LogP) is 1.76. The summed E-state index contributed by atoms with van der Waals surface area (Å²) in [6.45, 7) is 2.06. The molecule has 0 aromatic rings. The molecule has 4 heteroatoms. The monoisotopic (exact) mass is 180 g/mol. The maximum Gasteiger partial charge on any atom is 0.146 e. The third-order valence-electron chi connectivity index (χ3n) is 1.08. The molecule has 0 amide bonds. The summed E-state index contributed by atoms with van der Waals surface area (Å²) in [5, 5.41) is 0. The largest absolute Gasteiger partial charge is 0.353 e. The molecular weight excluding hydrogens is 168 g/mol. The van der Waals surface area contributed by atoms with Crippen molar-refractivity contribution in [3.05, 3.63) is 0 Å². The van der Waals surface area contributed by atoms with E-state index in [0.717, 1.165) is 13.2 Å². The number of ether oxygens (including phenoxy) is 2. The van der Waals surface area contributed by atoms with Crippen molar-refractivity contribution < 1.29 is 9.47 Å². The summed E-state index contributed by atoms with van der Waals surface area (Å²) in [6.07, 6.45) is 1.43. The molecule has 0 aromatic heterocycles. The maximum absolute atomic E-state index is 4.72. The Bertz CT molecular complexity index is 46.9. The topological polar surface area (TPSA) is 18.5 Å². The van der Waals surface area contributed by atoms with Crippen LogP contribution in [0.2, 0.25) is 0 Å². The Morgan fingerprint density at radius 2 is 1.50 bits per heavy atom. The predicted molar refractivity (Wildman–Crippen MR) is 46.3 cm³/mol. The van der Waals surface area contributed by atoms with E-state index in [1.807, 2.05) is 21.6 Å². The molecule has 2 heterocycles. The van der Waals surface area contributed by atoms with Crippen LogP contribution in [-0.2, 0) is 9.47 Å². The van der Waals surface area contributed by atoms with E-state index in [-0.39, 0.29) is 0 Å². The molecule has 0 aromatic carbocycles. The molecule has 2 aliphatic rings. The fraction of sp³-hybridized carbons (Fsp3) is 1.00. The van der Waals surface area contributed by atoms with E-state index in [0.29, 0.717) is 6.79 Å². The Kier molecular flexibility index (Phi) is 5.52. The van der Waals surface area contributed by atoms with Gasteiger partial charge in [0.15, 0.2) is 0 Å². The normalized spacial score (nSPS) is 24.0. The molecule has 0 unspecified atom stereocenters. The first kappa shape index (κ1) is 8.71. The summed E-state index contributed by atoms with van der Waals surface area (Å²) in [6, 6.07) is 0. The van der Waals surface area contributed by atoms with Crippen LogP contribution >= 0.6 is 21.6 Å². The average Bonchev–Trinajstić information content (AvgIpc) is 2.67. The molecule has 0 aliphatic carbocycles. The molecule has 0 bridgehead atoms. The molecule has 2 nitrogen and oxygen atoms in total. The summed E-state index contributed by atoms with van der Waals surface area (Å²) >= 11 is 0. The van der Waals surface area contributed by atoms with Gasteiger partial charge in [-0.1, -0.05) is 21.6 Å². The van der Waals surface area contributed by atoms with Crippen molar-refractivity contribution >= 4 is 21.6 Å². The molecule has 2 fully saturated rings. The Morgan fingerprint density at radius 3 is 1.70 bits per heavy atom. The highest BCUT2D eigenvalue weighted by Gasteiger charge is 1.96. The van der Waals surface area contributed by atoms with Gasteiger partial charge in [0.2, 0.25) is 0 Å². The standard InChI is InChI=1S/C3H6O2.C3H6S2/c1-2-5-3-4-1;1-2-4-5-3-1/h2*1-3H2. The lowest BCUT2D eigenvalue weighted by Crippen LogP contribution is -1.79. The number of rotatable bonds is 0. The lowest BCUT2D eigenvalue weighted by Gasteiger charge is -1.76. The van der Waals surface area contributed by atoms with Crippen LogP contribution in [0.1, 0.15) is 6.42 Å². The molecule has 60 valence electrons. The zero-order chi connectivity index (χ0) is 7.07. The van der Waals surface area contributed by atoms with E-state index >= 15 is 0 Å². The SMILES string of the molecule is C1COCO1.C1CSSC1. The second-order valence-electron chi connectivity index (χ2n) is 1.93. The summed E-state index contributed by atoms with van der Waals surface area (Å²) in [4.78, 5) is 0. The maximum atomic E-state index is 4.72. The molecule has 0 atom stereocenters. The van der Waals surface area contributed by atoms with Crippen LogP contribution in [0.15, 0.2) is 0 Å². The lowest BCUT2D eigenvalue weighted by atomic mass is 10.6. The van der Waals surface area contributed by atoms with Gasteiger partial charge in [-0.2, -0.15) is 0 Å². The van der Waals surface area contributed by atoms with Crippen molar-refractivity contribution in [2.75, 3.05) is 31.5 Å². The summed E-state index contributed by atoms with van der Waals surface area (Å²) in [7, 11) is 3.98. The first-order chi connectivity index (χ1) is 5.00. The van der Waals surface area contributed by atoms with Crippen LogP contribution in [0.25, 0.3) is 0 Å². The van der Waals surface area contributed by atoms with Crippen molar-refractivity contribution in [3.63, 3.8) is 0 Å². The highest BCUT2D eigenvalue weighted by molar-refractivity contribution is 8.77. The van der Waals surface area contributed by atoms with Crippen molar-refractivity contribution in [1.29, 1.82) is 0 Å². The van der Waals surface area contributed by atoms with Gasteiger partial charge in [0, 0.05) is 11.5 Å². The lowest BCUT2D eigenvalue weighted by molar-refractivity contribution is 0.0692. The van der Waals surface area contributed by atoms with Crippen molar-refractivity contribution in [3.8, 4) is 0 Å². The van der Waals surface area contributed by atoms with Crippen LogP contribution < -0.4 is 0 Å². The Balaban J connectivity index is 0.0000001000. The molecule has 0 spiro atoms. The van der Waals surface area contributed by atoms with Gasteiger partial charge in [0.1, 0.15) is 6.79 Å². The van der Waals surface area contributed by atoms with Crippen LogP contribution in [-0.4, -0.2) is 31.5 Å². The zero-order valence-corrected chi connectivity index (χ0v) is 7.51. The van der Waals surface area contributed by atoms with Gasteiger partial charge in [0.05, 0.1) is 13.2 Å².